The van der Waals surface area contributed by atoms with Gasteiger partial charge in [0.05, 0.1) is 24.2 Å². The van der Waals surface area contributed by atoms with Gasteiger partial charge in [0.25, 0.3) is 0 Å². The van der Waals surface area contributed by atoms with Gasteiger partial charge in [-0.05, 0) is 34.1 Å². The third kappa shape index (κ3) is 6.50. The Morgan fingerprint density at radius 3 is 2.39 bits per heavy atom. The van der Waals surface area contributed by atoms with Crippen LogP contribution in [-0.4, -0.2) is 63.4 Å². The van der Waals surface area contributed by atoms with Gasteiger partial charge in [0, 0.05) is 6.42 Å². The highest BCUT2D eigenvalue weighted by Gasteiger charge is 2.56. The number of aliphatic hydroxyl groups is 3. The Balaban J connectivity index is 2.56. The number of fused-ring (bicyclic) bond motifs is 10. The highest BCUT2D eigenvalue weighted by molar-refractivity contribution is 6.08. The van der Waals surface area contributed by atoms with Crippen molar-refractivity contribution in [3.05, 3.63) is 47.6 Å². The van der Waals surface area contributed by atoms with Crippen LogP contribution >= 0.6 is 0 Å². The molecule has 2 heterocycles. The largest absolute Gasteiger partial charge is 0.461 e. The van der Waals surface area contributed by atoms with E-state index >= 15 is 0 Å². The molecule has 1 unspecified atom stereocenters. The molecule has 0 aromatic rings. The first-order valence-corrected chi connectivity index (χ1v) is 11.2. The number of amides is 1. The zero-order valence-electron chi connectivity index (χ0n) is 19.8. The molecule has 2 aliphatic heterocycles. The Hall–Kier alpha value is -2.55. The van der Waals surface area contributed by atoms with E-state index in [-0.39, 0.29) is 6.42 Å². The van der Waals surface area contributed by atoms with Crippen molar-refractivity contribution in [2.75, 3.05) is 0 Å². The summed E-state index contributed by atoms with van der Waals surface area (Å²) in [5, 5.41) is 32.9. The number of rotatable bonds is 2. The molecule has 8 heteroatoms. The molecule has 0 aromatic heterocycles. The summed E-state index contributed by atoms with van der Waals surface area (Å²) in [6.07, 6.45) is 6.38. The molecule has 1 amide bonds. The van der Waals surface area contributed by atoms with Crippen LogP contribution in [-0.2, 0) is 19.1 Å². The van der Waals surface area contributed by atoms with E-state index in [0.29, 0.717) is 12.0 Å². The van der Waals surface area contributed by atoms with Crippen molar-refractivity contribution in [2.24, 2.45) is 11.3 Å². The highest BCUT2D eigenvalue weighted by Crippen LogP contribution is 2.38. The number of allylic oxidation sites excluding steroid dienone is 4. The molecule has 1 saturated heterocycles. The quantitative estimate of drug-likeness (QED) is 0.362. The summed E-state index contributed by atoms with van der Waals surface area (Å²) in [6.45, 7) is 7.89. The summed E-state index contributed by atoms with van der Waals surface area (Å²) < 4.78 is 5.61. The molecule has 182 valence electrons. The number of ether oxygens (including phenoxy) is 1. The summed E-state index contributed by atoms with van der Waals surface area (Å²) in [5.74, 6) is -2.70. The molecule has 8 nitrogen and oxygen atoms in total. The molecule has 3 aliphatic rings. The first kappa shape index (κ1) is 26.7. The first-order valence-electron chi connectivity index (χ1n) is 11.2. The molecule has 7 atom stereocenters. The molecule has 0 radical (unpaired) electrons. The average molecular weight is 462 g/mol. The standard InChI is InChI=1S/C25H35NO7/c1-14-6-9-18(28)10-8-15(2)12-21(26-23(31)17(4)27)25(5)22(30)16(3)20(33-24(25)32)13-19(29)11-7-14/h6-8,10-12,16-21,27-29H,9,13H2,1-5H3,(H,26,31)/b10-8+,11-7+,14-6-,15-12+/t16-,17+,18+,19-,20-,21?,25+/m1/s1. The maximum absolute atomic E-state index is 13.5. The predicted octanol–water partition coefficient (Wildman–Crippen LogP) is 1.51. The fourth-order valence-corrected chi connectivity index (χ4v) is 3.88. The minimum Gasteiger partial charge on any atom is -0.461 e. The SMILES string of the molecule is CC1=C/C[C@H](O)/C=C/C(C)=C/C(NC(=O)[C@H](C)O)[C@]2(C)C(=O)O[C@H](C[C@H](O)\C=C\1)[C@@H](C)C2=O. The van der Waals surface area contributed by atoms with Crippen molar-refractivity contribution < 1.29 is 34.4 Å². The molecule has 1 fully saturated rings. The lowest BCUT2D eigenvalue weighted by atomic mass is 9.69. The van der Waals surface area contributed by atoms with E-state index in [0.717, 1.165) is 5.57 Å². The fourth-order valence-electron chi connectivity index (χ4n) is 3.88. The zero-order valence-corrected chi connectivity index (χ0v) is 19.8. The van der Waals surface area contributed by atoms with Gasteiger partial charge in [0.15, 0.2) is 5.78 Å². The lowest BCUT2D eigenvalue weighted by molar-refractivity contribution is -0.181. The second-order valence-electron chi connectivity index (χ2n) is 9.14. The summed E-state index contributed by atoms with van der Waals surface area (Å²) in [6, 6.07) is -1.09. The third-order valence-corrected chi connectivity index (χ3v) is 6.21. The monoisotopic (exact) mass is 461 g/mol. The van der Waals surface area contributed by atoms with Gasteiger partial charge in [0.1, 0.15) is 17.6 Å². The lowest BCUT2D eigenvalue weighted by Crippen LogP contribution is -2.61. The number of aliphatic hydroxyl groups excluding tert-OH is 3. The van der Waals surface area contributed by atoms with E-state index in [1.807, 2.05) is 13.0 Å². The van der Waals surface area contributed by atoms with E-state index in [4.69, 9.17) is 4.74 Å². The van der Waals surface area contributed by atoms with Crippen LogP contribution in [0.4, 0.5) is 0 Å². The molecule has 4 N–H and O–H groups in total. The Morgan fingerprint density at radius 2 is 1.76 bits per heavy atom. The van der Waals surface area contributed by atoms with Crippen molar-refractivity contribution in [2.45, 2.75) is 77.9 Å². The topological polar surface area (TPSA) is 133 Å². The van der Waals surface area contributed by atoms with Crippen LogP contribution in [0.3, 0.4) is 0 Å². The van der Waals surface area contributed by atoms with Crippen molar-refractivity contribution in [3.8, 4) is 0 Å². The second-order valence-corrected chi connectivity index (χ2v) is 9.14. The molecule has 1 aliphatic carbocycles. The average Bonchev–Trinajstić information content (AvgIpc) is 2.75. The van der Waals surface area contributed by atoms with E-state index < -0.39 is 59.5 Å². The van der Waals surface area contributed by atoms with Gasteiger partial charge in [-0.1, -0.05) is 54.5 Å². The molecular formula is C25H35NO7. The van der Waals surface area contributed by atoms with Crippen molar-refractivity contribution >= 4 is 17.7 Å². The summed E-state index contributed by atoms with van der Waals surface area (Å²) in [7, 11) is 0. The minimum absolute atomic E-state index is 0.0439. The van der Waals surface area contributed by atoms with Crippen molar-refractivity contribution in [1.29, 1.82) is 0 Å². The van der Waals surface area contributed by atoms with Crippen LogP contribution in [0, 0.1) is 11.3 Å². The van der Waals surface area contributed by atoms with Crippen LogP contribution in [0.25, 0.3) is 0 Å². The predicted molar refractivity (Wildman–Crippen MR) is 123 cm³/mol. The minimum atomic E-state index is -1.74. The van der Waals surface area contributed by atoms with Gasteiger partial charge in [-0.15, -0.1) is 0 Å². The normalized spacial score (nSPS) is 39.8. The van der Waals surface area contributed by atoms with Gasteiger partial charge in [-0.3, -0.25) is 14.4 Å². The van der Waals surface area contributed by atoms with Crippen LogP contribution in [0.1, 0.15) is 47.5 Å². The van der Waals surface area contributed by atoms with E-state index in [1.165, 1.54) is 13.8 Å². The maximum Gasteiger partial charge on any atom is 0.322 e. The summed E-state index contributed by atoms with van der Waals surface area (Å²) in [5.41, 5.74) is -0.292. The molecular weight excluding hydrogens is 426 g/mol. The van der Waals surface area contributed by atoms with Crippen LogP contribution < -0.4 is 5.32 Å². The van der Waals surface area contributed by atoms with Crippen molar-refractivity contribution in [1.82, 2.24) is 5.32 Å². The number of Topliss-reactive ketones (excluding diaryl/α,β-unsaturated/α-hetero) is 1. The van der Waals surface area contributed by atoms with Crippen molar-refractivity contribution in [3.63, 3.8) is 0 Å². The van der Waals surface area contributed by atoms with E-state index in [2.05, 4.69) is 5.32 Å². The Kier molecular flexibility index (Phi) is 8.94. The molecule has 0 aromatic carbocycles. The van der Waals surface area contributed by atoms with E-state index in [1.54, 1.807) is 44.2 Å². The van der Waals surface area contributed by atoms with Crippen LogP contribution in [0.2, 0.25) is 0 Å². The number of esters is 1. The van der Waals surface area contributed by atoms with E-state index in [9.17, 15) is 29.7 Å². The lowest BCUT2D eigenvalue weighted by Gasteiger charge is -2.42. The van der Waals surface area contributed by atoms with Crippen LogP contribution in [0.5, 0.6) is 0 Å². The number of hydrogen-bond acceptors (Lipinski definition) is 7. The first-order chi connectivity index (χ1) is 15.4. The molecule has 3 rings (SSSR count). The van der Waals surface area contributed by atoms with Gasteiger partial charge in [0.2, 0.25) is 5.91 Å². The highest BCUT2D eigenvalue weighted by atomic mass is 16.5. The number of carbonyl (C=O) groups is 3. The Morgan fingerprint density at radius 1 is 1.15 bits per heavy atom. The molecule has 0 spiro atoms. The Labute approximate surface area is 194 Å². The van der Waals surface area contributed by atoms with Gasteiger partial charge in [-0.25, -0.2) is 0 Å². The molecule has 0 saturated carbocycles. The van der Waals surface area contributed by atoms with Crippen LogP contribution in [0.15, 0.2) is 47.6 Å². The molecule has 2 bridgehead atoms. The third-order valence-electron chi connectivity index (χ3n) is 6.21. The zero-order chi connectivity index (χ0) is 24.9. The van der Waals surface area contributed by atoms with Gasteiger partial charge in [-0.2, -0.15) is 0 Å². The maximum atomic E-state index is 13.5. The number of ketones is 1. The molecule has 33 heavy (non-hydrogen) atoms. The Bertz CT molecular complexity index is 885. The fraction of sp³-hybridized carbons (Fsp3) is 0.560. The van der Waals surface area contributed by atoms with Gasteiger partial charge >= 0.3 is 5.97 Å². The summed E-state index contributed by atoms with van der Waals surface area (Å²) in [4.78, 5) is 38.9. The second kappa shape index (κ2) is 11.0. The number of carbonyl (C=O) groups excluding carboxylic acids is 3. The van der Waals surface area contributed by atoms with Gasteiger partial charge < -0.3 is 25.4 Å². The number of nitrogens with one attached hydrogen (secondary N) is 1. The number of hydrogen-bond donors (Lipinski definition) is 4. The smallest absolute Gasteiger partial charge is 0.322 e. The summed E-state index contributed by atoms with van der Waals surface area (Å²) >= 11 is 0.